The normalized spacial score (nSPS) is 26.2. The molecule has 0 aromatic rings. The van der Waals surface area contributed by atoms with Gasteiger partial charge in [0.2, 0.25) is 11.7 Å². The summed E-state index contributed by atoms with van der Waals surface area (Å²) in [5.41, 5.74) is 0.123. The Morgan fingerprint density at radius 1 is 1.46 bits per heavy atom. The third-order valence-corrected chi connectivity index (χ3v) is 3.62. The largest absolute Gasteiger partial charge is 0.478 e. The Kier molecular flexibility index (Phi) is 7.36. The van der Waals surface area contributed by atoms with E-state index in [1.807, 2.05) is 0 Å². The number of hydrogen-bond donors (Lipinski definition) is 5. The third kappa shape index (κ3) is 4.32. The summed E-state index contributed by atoms with van der Waals surface area (Å²) >= 11 is 0. The van der Waals surface area contributed by atoms with Crippen LogP contribution in [0.2, 0.25) is 0 Å². The Hall–Kier alpha value is -1.94. The van der Waals surface area contributed by atoms with E-state index in [0.29, 0.717) is 0 Å². The second kappa shape index (κ2) is 8.78. The van der Waals surface area contributed by atoms with E-state index in [9.17, 15) is 24.9 Å². The van der Waals surface area contributed by atoms with Crippen LogP contribution in [0.4, 0.5) is 0 Å². The zero-order valence-corrected chi connectivity index (χ0v) is 13.5. The van der Waals surface area contributed by atoms with Gasteiger partial charge in [-0.15, -0.1) is 6.58 Å². The number of rotatable bonds is 7. The lowest BCUT2D eigenvalue weighted by atomic mass is 9.87. The van der Waals surface area contributed by atoms with Gasteiger partial charge in [0.05, 0.1) is 19.8 Å². The fourth-order valence-corrected chi connectivity index (χ4v) is 2.46. The Bertz CT molecular complexity index is 518. The quantitative estimate of drug-likeness (QED) is 0.262. The van der Waals surface area contributed by atoms with E-state index in [-0.39, 0.29) is 17.8 Å². The maximum absolute atomic E-state index is 11.9. The molecule has 0 saturated carbocycles. The van der Waals surface area contributed by atoms with Crippen LogP contribution in [0.25, 0.3) is 0 Å². The van der Waals surface area contributed by atoms with Crippen LogP contribution in [0.1, 0.15) is 13.3 Å². The summed E-state index contributed by atoms with van der Waals surface area (Å²) in [6.45, 7) is 3.95. The van der Waals surface area contributed by atoms with E-state index < -0.39 is 48.9 Å². The molecule has 0 fully saturated rings. The third-order valence-electron chi connectivity index (χ3n) is 3.62. The van der Waals surface area contributed by atoms with Crippen molar-refractivity contribution in [3.63, 3.8) is 0 Å². The van der Waals surface area contributed by atoms with E-state index in [1.54, 1.807) is 0 Å². The zero-order chi connectivity index (χ0) is 18.4. The predicted octanol–water partition coefficient (Wildman–Crippen LogP) is -2.03. The number of aliphatic hydroxyl groups is 4. The highest BCUT2D eigenvalue weighted by molar-refractivity contribution is 5.87. The molecule has 9 nitrogen and oxygen atoms in total. The van der Waals surface area contributed by atoms with Crippen LogP contribution in [0.5, 0.6) is 0 Å². The lowest BCUT2D eigenvalue weighted by Crippen LogP contribution is -2.61. The van der Waals surface area contributed by atoms with E-state index in [2.05, 4.69) is 16.6 Å². The molecule has 1 aliphatic rings. The predicted molar refractivity (Wildman–Crippen MR) is 81.4 cm³/mol. The van der Waals surface area contributed by atoms with Crippen molar-refractivity contribution in [2.45, 2.75) is 43.8 Å². The first-order chi connectivity index (χ1) is 11.3. The standard InChI is InChI=1S/C15H23NO8/c1-4-5-8-11(20)10(16-7(2)18)14(12(21)9(19)6-17)24-13(8)15(22)23-3/h4,9-12,14,17,19-21H,1,5-6H2,2-3H3,(H,16,18)/t9-,10-,11+,12-,14-/m1/s1. The summed E-state index contributed by atoms with van der Waals surface area (Å²) in [6.07, 6.45) is -4.54. The maximum Gasteiger partial charge on any atom is 0.373 e. The molecular weight excluding hydrogens is 322 g/mol. The van der Waals surface area contributed by atoms with Crippen LogP contribution >= 0.6 is 0 Å². The van der Waals surface area contributed by atoms with Crippen molar-refractivity contribution >= 4 is 11.9 Å². The number of allylic oxidation sites excluding steroid dienone is 1. The van der Waals surface area contributed by atoms with Gasteiger partial charge in [-0.05, 0) is 6.42 Å². The van der Waals surface area contributed by atoms with Crippen molar-refractivity contribution in [1.82, 2.24) is 5.32 Å². The van der Waals surface area contributed by atoms with Crippen molar-refractivity contribution in [3.05, 3.63) is 24.0 Å². The number of carbonyl (C=O) groups is 2. The molecule has 136 valence electrons. The van der Waals surface area contributed by atoms with Gasteiger partial charge in [-0.2, -0.15) is 0 Å². The molecule has 1 amide bonds. The second-order valence-corrected chi connectivity index (χ2v) is 5.33. The highest BCUT2D eigenvalue weighted by atomic mass is 16.6. The maximum atomic E-state index is 11.9. The highest BCUT2D eigenvalue weighted by Crippen LogP contribution is 2.30. The molecule has 0 spiro atoms. The summed E-state index contributed by atoms with van der Waals surface area (Å²) in [5.74, 6) is -1.73. The summed E-state index contributed by atoms with van der Waals surface area (Å²) in [4.78, 5) is 23.3. The van der Waals surface area contributed by atoms with Gasteiger partial charge in [0.25, 0.3) is 0 Å². The second-order valence-electron chi connectivity index (χ2n) is 5.33. The fourth-order valence-electron chi connectivity index (χ4n) is 2.46. The molecule has 0 bridgehead atoms. The van der Waals surface area contributed by atoms with Gasteiger partial charge in [-0.25, -0.2) is 4.79 Å². The number of ether oxygens (including phenoxy) is 2. The molecule has 5 atom stereocenters. The Labute approximate surface area is 139 Å². The molecule has 24 heavy (non-hydrogen) atoms. The molecule has 0 saturated heterocycles. The molecule has 0 radical (unpaired) electrons. The van der Waals surface area contributed by atoms with Crippen LogP contribution < -0.4 is 5.32 Å². The van der Waals surface area contributed by atoms with Crippen molar-refractivity contribution in [2.75, 3.05) is 13.7 Å². The molecular formula is C15H23NO8. The number of aliphatic hydroxyl groups excluding tert-OH is 4. The molecule has 9 heteroatoms. The van der Waals surface area contributed by atoms with Crippen LogP contribution in [-0.2, 0) is 19.1 Å². The summed E-state index contributed by atoms with van der Waals surface area (Å²) in [6, 6.07) is -1.15. The van der Waals surface area contributed by atoms with Crippen molar-refractivity contribution in [2.24, 2.45) is 0 Å². The molecule has 1 heterocycles. The number of nitrogens with one attached hydrogen (secondary N) is 1. The summed E-state index contributed by atoms with van der Waals surface area (Å²) in [7, 11) is 1.12. The Morgan fingerprint density at radius 2 is 2.08 bits per heavy atom. The van der Waals surface area contributed by atoms with Crippen molar-refractivity contribution in [3.8, 4) is 0 Å². The monoisotopic (exact) mass is 345 g/mol. The molecule has 0 aromatic heterocycles. The zero-order valence-electron chi connectivity index (χ0n) is 13.5. The minimum Gasteiger partial charge on any atom is -0.478 e. The number of esters is 1. The molecule has 1 rings (SSSR count). The minimum absolute atomic E-state index is 0.0764. The van der Waals surface area contributed by atoms with Crippen LogP contribution in [0.3, 0.4) is 0 Å². The van der Waals surface area contributed by atoms with Gasteiger partial charge in [0.1, 0.15) is 18.3 Å². The first-order valence-corrected chi connectivity index (χ1v) is 7.29. The van der Waals surface area contributed by atoms with Crippen LogP contribution in [0, 0.1) is 0 Å². The first-order valence-electron chi connectivity index (χ1n) is 7.29. The van der Waals surface area contributed by atoms with E-state index in [1.165, 1.54) is 13.0 Å². The average molecular weight is 345 g/mol. The molecule has 0 aliphatic carbocycles. The van der Waals surface area contributed by atoms with Gasteiger partial charge in [0.15, 0.2) is 6.10 Å². The van der Waals surface area contributed by atoms with Gasteiger partial charge in [-0.3, -0.25) is 4.79 Å². The van der Waals surface area contributed by atoms with Gasteiger partial charge in [-0.1, -0.05) is 6.08 Å². The van der Waals surface area contributed by atoms with E-state index in [4.69, 9.17) is 9.84 Å². The lowest BCUT2D eigenvalue weighted by Gasteiger charge is -2.40. The van der Waals surface area contributed by atoms with Crippen LogP contribution in [0.15, 0.2) is 24.0 Å². The smallest absolute Gasteiger partial charge is 0.373 e. The van der Waals surface area contributed by atoms with E-state index >= 15 is 0 Å². The van der Waals surface area contributed by atoms with Gasteiger partial charge < -0.3 is 35.2 Å². The van der Waals surface area contributed by atoms with Crippen molar-refractivity contribution in [1.29, 1.82) is 0 Å². The first kappa shape index (κ1) is 20.1. The number of amides is 1. The Morgan fingerprint density at radius 3 is 2.54 bits per heavy atom. The summed E-state index contributed by atoms with van der Waals surface area (Å²) < 4.78 is 10.0. The minimum atomic E-state index is -1.67. The van der Waals surface area contributed by atoms with Crippen molar-refractivity contribution < 1.29 is 39.5 Å². The fraction of sp³-hybridized carbons (Fsp3) is 0.600. The molecule has 5 N–H and O–H groups in total. The van der Waals surface area contributed by atoms with Crippen LogP contribution in [-0.4, -0.2) is 76.5 Å². The van der Waals surface area contributed by atoms with Gasteiger partial charge in [0, 0.05) is 12.5 Å². The highest BCUT2D eigenvalue weighted by Gasteiger charge is 2.46. The number of hydrogen-bond acceptors (Lipinski definition) is 8. The molecule has 0 aromatic carbocycles. The molecule has 1 aliphatic heterocycles. The average Bonchev–Trinajstić information content (AvgIpc) is 2.56. The molecule has 0 unspecified atom stereocenters. The lowest BCUT2D eigenvalue weighted by molar-refractivity contribution is -0.153. The Balaban J connectivity index is 3.33. The number of carbonyl (C=O) groups excluding carboxylic acids is 2. The van der Waals surface area contributed by atoms with E-state index in [0.717, 1.165) is 7.11 Å². The van der Waals surface area contributed by atoms with Gasteiger partial charge >= 0.3 is 5.97 Å². The number of methoxy groups -OCH3 is 1. The topological polar surface area (TPSA) is 146 Å². The SMILES string of the molecule is C=CCC1=C(C(=O)OC)O[C@@H]([C@H](O)[C@H](O)CO)[C@H](NC(C)=O)[C@H]1O. The summed E-state index contributed by atoms with van der Waals surface area (Å²) in [5, 5.41) is 41.7.